The summed E-state index contributed by atoms with van der Waals surface area (Å²) < 4.78 is 0. The summed E-state index contributed by atoms with van der Waals surface area (Å²) in [6.45, 7) is 2.11. The van der Waals surface area contributed by atoms with Gasteiger partial charge in [-0.25, -0.2) is 0 Å². The van der Waals surface area contributed by atoms with E-state index in [1.165, 1.54) is 12.8 Å². The summed E-state index contributed by atoms with van der Waals surface area (Å²) in [4.78, 5) is 15.0. The summed E-state index contributed by atoms with van der Waals surface area (Å²) in [5.41, 5.74) is 1.08. The Balaban J connectivity index is 1.76. The Hall–Kier alpha value is -1.00. The van der Waals surface area contributed by atoms with Crippen molar-refractivity contribution in [3.63, 3.8) is 0 Å². The number of carbonyl (C=O) groups is 1. The van der Waals surface area contributed by atoms with Crippen molar-refractivity contribution in [2.24, 2.45) is 0 Å². The molecule has 0 radical (unpaired) electrons. The average Bonchev–Trinajstić information content (AvgIpc) is 2.83. The zero-order chi connectivity index (χ0) is 14.8. The van der Waals surface area contributed by atoms with Crippen LogP contribution in [-0.2, 0) is 4.79 Å². The zero-order valence-electron chi connectivity index (χ0n) is 12.8. The van der Waals surface area contributed by atoms with Gasteiger partial charge in [-0.2, -0.15) is 11.8 Å². The van der Waals surface area contributed by atoms with Crippen LogP contribution in [0.25, 0.3) is 0 Å². The number of nitrogens with zero attached hydrogens (tertiary/aromatic N) is 1. The van der Waals surface area contributed by atoms with Crippen LogP contribution in [-0.4, -0.2) is 34.5 Å². The number of amides is 1. The number of nitrogens with one attached hydrogen (secondary N) is 1. The van der Waals surface area contributed by atoms with Gasteiger partial charge in [0.2, 0.25) is 5.91 Å². The zero-order valence-corrected chi connectivity index (χ0v) is 13.6. The predicted molar refractivity (Wildman–Crippen MR) is 88.2 cm³/mol. The molecule has 1 aliphatic heterocycles. The van der Waals surface area contributed by atoms with E-state index in [0.29, 0.717) is 11.3 Å². The SMILES string of the molecule is CSC1CCCC(N2C(=O)C(c3ccccc3)NC2C)C1. The molecule has 1 amide bonds. The van der Waals surface area contributed by atoms with Gasteiger partial charge in [-0.05, 0) is 38.0 Å². The van der Waals surface area contributed by atoms with Crippen LogP contribution in [0.5, 0.6) is 0 Å². The topological polar surface area (TPSA) is 32.3 Å². The number of carbonyl (C=O) groups excluding carboxylic acids is 1. The van der Waals surface area contributed by atoms with Gasteiger partial charge in [0.15, 0.2) is 0 Å². The predicted octanol–water partition coefficient (Wildman–Crippen LogP) is 3.18. The van der Waals surface area contributed by atoms with Gasteiger partial charge in [0.25, 0.3) is 0 Å². The molecule has 3 nitrogen and oxygen atoms in total. The number of hydrogen-bond acceptors (Lipinski definition) is 3. The van der Waals surface area contributed by atoms with Crippen molar-refractivity contribution in [1.82, 2.24) is 10.2 Å². The van der Waals surface area contributed by atoms with Crippen LogP contribution < -0.4 is 5.32 Å². The number of rotatable bonds is 3. The normalized spacial score (nSPS) is 33.4. The maximum Gasteiger partial charge on any atom is 0.245 e. The van der Waals surface area contributed by atoms with E-state index in [1.54, 1.807) is 0 Å². The van der Waals surface area contributed by atoms with Crippen molar-refractivity contribution in [2.45, 2.75) is 56.1 Å². The van der Waals surface area contributed by atoms with Gasteiger partial charge in [0, 0.05) is 11.3 Å². The molecule has 1 saturated carbocycles. The van der Waals surface area contributed by atoms with Gasteiger partial charge in [0.05, 0.1) is 6.17 Å². The highest BCUT2D eigenvalue weighted by atomic mass is 32.2. The average molecular weight is 304 g/mol. The second-order valence-electron chi connectivity index (χ2n) is 6.11. The first kappa shape index (κ1) is 14.9. The molecule has 1 aromatic carbocycles. The maximum absolute atomic E-state index is 12.9. The lowest BCUT2D eigenvalue weighted by atomic mass is 9.93. The molecule has 2 aliphatic rings. The van der Waals surface area contributed by atoms with E-state index in [-0.39, 0.29) is 18.1 Å². The fourth-order valence-electron chi connectivity index (χ4n) is 3.70. The molecule has 4 atom stereocenters. The van der Waals surface area contributed by atoms with Crippen molar-refractivity contribution in [1.29, 1.82) is 0 Å². The fraction of sp³-hybridized carbons (Fsp3) is 0.588. The van der Waals surface area contributed by atoms with E-state index in [1.807, 2.05) is 42.1 Å². The molecule has 1 aromatic rings. The summed E-state index contributed by atoms with van der Waals surface area (Å²) in [5.74, 6) is 0.250. The van der Waals surface area contributed by atoms with Crippen LogP contribution in [0.1, 0.15) is 44.2 Å². The first-order valence-electron chi connectivity index (χ1n) is 7.86. The number of hydrogen-bond donors (Lipinski definition) is 1. The Labute approximate surface area is 131 Å². The fourth-order valence-corrected chi connectivity index (χ4v) is 4.52. The van der Waals surface area contributed by atoms with E-state index in [0.717, 1.165) is 18.4 Å². The van der Waals surface area contributed by atoms with Crippen LogP contribution in [0, 0.1) is 0 Å². The number of thioether (sulfide) groups is 1. The molecule has 4 unspecified atom stereocenters. The van der Waals surface area contributed by atoms with Gasteiger partial charge < -0.3 is 4.90 Å². The molecule has 21 heavy (non-hydrogen) atoms. The third-order valence-electron chi connectivity index (χ3n) is 4.78. The minimum absolute atomic E-state index is 0.133. The van der Waals surface area contributed by atoms with E-state index >= 15 is 0 Å². The monoisotopic (exact) mass is 304 g/mol. The molecule has 114 valence electrons. The summed E-state index contributed by atoms with van der Waals surface area (Å²) in [7, 11) is 0. The molecule has 4 heteroatoms. The lowest BCUT2D eigenvalue weighted by Gasteiger charge is -2.36. The molecule has 0 spiro atoms. The van der Waals surface area contributed by atoms with Gasteiger partial charge in [0.1, 0.15) is 6.04 Å². The molecule has 1 N–H and O–H groups in total. The first-order chi connectivity index (χ1) is 10.2. The van der Waals surface area contributed by atoms with Gasteiger partial charge in [-0.3, -0.25) is 10.1 Å². The van der Waals surface area contributed by atoms with Crippen molar-refractivity contribution < 1.29 is 4.79 Å². The first-order valence-corrected chi connectivity index (χ1v) is 9.15. The molecule has 0 aromatic heterocycles. The largest absolute Gasteiger partial charge is 0.323 e. The number of benzene rings is 1. The van der Waals surface area contributed by atoms with Crippen LogP contribution in [0.15, 0.2) is 30.3 Å². The third kappa shape index (κ3) is 2.97. The van der Waals surface area contributed by atoms with Crippen LogP contribution in [0.3, 0.4) is 0 Å². The highest BCUT2D eigenvalue weighted by molar-refractivity contribution is 7.99. The van der Waals surface area contributed by atoms with Crippen molar-refractivity contribution >= 4 is 17.7 Å². The van der Waals surface area contributed by atoms with E-state index < -0.39 is 0 Å². The maximum atomic E-state index is 12.9. The Morgan fingerprint density at radius 2 is 2.00 bits per heavy atom. The summed E-state index contributed by atoms with van der Waals surface area (Å²) >= 11 is 1.95. The summed E-state index contributed by atoms with van der Waals surface area (Å²) in [5, 5.41) is 4.18. The minimum Gasteiger partial charge on any atom is -0.323 e. The van der Waals surface area contributed by atoms with Crippen LogP contribution >= 0.6 is 11.8 Å². The Bertz CT molecular complexity index is 493. The second-order valence-corrected chi connectivity index (χ2v) is 7.25. The van der Waals surface area contributed by atoms with E-state index in [2.05, 4.69) is 23.4 Å². The second kappa shape index (κ2) is 6.41. The molecular weight excluding hydrogens is 280 g/mol. The van der Waals surface area contributed by atoms with Crippen LogP contribution in [0.4, 0.5) is 0 Å². The highest BCUT2D eigenvalue weighted by Crippen LogP contribution is 2.34. The van der Waals surface area contributed by atoms with Gasteiger partial charge in [-0.1, -0.05) is 36.8 Å². The molecule has 1 heterocycles. The lowest BCUT2D eigenvalue weighted by Crippen LogP contribution is -2.45. The van der Waals surface area contributed by atoms with Crippen LogP contribution in [0.2, 0.25) is 0 Å². The Kier molecular flexibility index (Phi) is 4.55. The molecule has 2 fully saturated rings. The van der Waals surface area contributed by atoms with Crippen molar-refractivity contribution in [3.05, 3.63) is 35.9 Å². The standard InChI is InChI=1S/C17H24N2OS/c1-12-18-16(13-7-4-3-5-8-13)17(20)19(12)14-9-6-10-15(11-14)21-2/h3-5,7-8,12,14-16,18H,6,9-11H2,1-2H3. The Morgan fingerprint density at radius 3 is 2.71 bits per heavy atom. The molecule has 0 bridgehead atoms. The third-order valence-corrected chi connectivity index (χ3v) is 5.88. The molecule has 1 saturated heterocycles. The Morgan fingerprint density at radius 1 is 1.24 bits per heavy atom. The quantitative estimate of drug-likeness (QED) is 0.931. The molecule has 1 aliphatic carbocycles. The lowest BCUT2D eigenvalue weighted by molar-refractivity contribution is -0.132. The molecular formula is C17H24N2OS. The van der Waals surface area contributed by atoms with E-state index in [9.17, 15) is 4.79 Å². The summed E-state index contributed by atoms with van der Waals surface area (Å²) in [6, 6.07) is 10.3. The van der Waals surface area contributed by atoms with Gasteiger partial charge >= 0.3 is 0 Å². The van der Waals surface area contributed by atoms with Crippen molar-refractivity contribution in [3.8, 4) is 0 Å². The van der Waals surface area contributed by atoms with E-state index in [4.69, 9.17) is 0 Å². The molecule has 3 rings (SSSR count). The van der Waals surface area contributed by atoms with Gasteiger partial charge in [-0.15, -0.1) is 0 Å². The smallest absolute Gasteiger partial charge is 0.245 e. The minimum atomic E-state index is -0.171. The van der Waals surface area contributed by atoms with Crippen molar-refractivity contribution in [2.75, 3.05) is 6.26 Å². The summed E-state index contributed by atoms with van der Waals surface area (Å²) in [6.07, 6.45) is 7.14. The highest BCUT2D eigenvalue weighted by Gasteiger charge is 2.42.